The average Bonchev–Trinajstić information content (AvgIpc) is 3.01. The van der Waals surface area contributed by atoms with Crippen LogP contribution in [0.15, 0.2) is 17.9 Å². The Balaban J connectivity index is 1.70. The molecule has 24 heavy (non-hydrogen) atoms. The third-order valence-electron chi connectivity index (χ3n) is 3.95. The molecule has 1 aliphatic heterocycles. The van der Waals surface area contributed by atoms with E-state index in [2.05, 4.69) is 15.0 Å². The maximum absolute atomic E-state index is 12.7. The summed E-state index contributed by atoms with van der Waals surface area (Å²) >= 11 is 1.39. The lowest BCUT2D eigenvalue weighted by atomic mass is 10.1. The van der Waals surface area contributed by atoms with E-state index in [9.17, 15) is 4.79 Å². The number of likely N-dealkylation sites (tertiary alicyclic amines) is 1. The van der Waals surface area contributed by atoms with Gasteiger partial charge in [-0.1, -0.05) is 0 Å². The molecule has 0 N–H and O–H groups in total. The first-order chi connectivity index (χ1) is 11.6. The molecule has 0 aromatic carbocycles. The smallest absolute Gasteiger partial charge is 0.265 e. The topological polar surface area (TPSA) is 71.5 Å². The minimum absolute atomic E-state index is 0.0373. The summed E-state index contributed by atoms with van der Waals surface area (Å²) in [5.74, 6) is 1.24. The number of carbonyl (C=O) groups is 1. The molecule has 3 heterocycles. The van der Waals surface area contributed by atoms with Gasteiger partial charge in [-0.15, -0.1) is 11.3 Å². The van der Waals surface area contributed by atoms with E-state index in [0.717, 1.165) is 25.1 Å². The molecule has 2 aromatic rings. The summed E-state index contributed by atoms with van der Waals surface area (Å²) in [4.78, 5) is 29.8. The SMILES string of the molecule is Cc1ncsc1C(=O)N1CCCC(Oc2nccnc2N(C)C)C1. The van der Waals surface area contributed by atoms with E-state index >= 15 is 0 Å². The van der Waals surface area contributed by atoms with Gasteiger partial charge in [-0.3, -0.25) is 4.79 Å². The Kier molecular flexibility index (Phi) is 4.94. The maximum Gasteiger partial charge on any atom is 0.265 e. The first-order valence-corrected chi connectivity index (χ1v) is 8.78. The van der Waals surface area contributed by atoms with Gasteiger partial charge in [0.05, 0.1) is 17.7 Å². The Labute approximate surface area is 145 Å². The maximum atomic E-state index is 12.7. The number of carbonyl (C=O) groups excluding carboxylic acids is 1. The fourth-order valence-electron chi connectivity index (χ4n) is 2.74. The summed E-state index contributed by atoms with van der Waals surface area (Å²) in [7, 11) is 3.81. The van der Waals surface area contributed by atoms with Crippen LogP contribution in [0.25, 0.3) is 0 Å². The molecule has 1 unspecified atom stereocenters. The molecule has 128 valence electrons. The summed E-state index contributed by atoms with van der Waals surface area (Å²) in [5, 5.41) is 0. The van der Waals surface area contributed by atoms with E-state index in [1.165, 1.54) is 11.3 Å². The number of ether oxygens (including phenoxy) is 1. The summed E-state index contributed by atoms with van der Waals surface area (Å²) in [5.41, 5.74) is 2.50. The highest BCUT2D eigenvalue weighted by Gasteiger charge is 2.28. The zero-order valence-corrected chi connectivity index (χ0v) is 14.9. The minimum atomic E-state index is -0.0775. The lowest BCUT2D eigenvalue weighted by Crippen LogP contribution is -2.44. The second-order valence-corrected chi connectivity index (χ2v) is 6.83. The van der Waals surface area contributed by atoms with Crippen LogP contribution in [0, 0.1) is 6.92 Å². The highest BCUT2D eigenvalue weighted by atomic mass is 32.1. The van der Waals surface area contributed by atoms with Crippen molar-refractivity contribution in [3.63, 3.8) is 0 Å². The van der Waals surface area contributed by atoms with Crippen LogP contribution < -0.4 is 9.64 Å². The molecule has 1 saturated heterocycles. The van der Waals surface area contributed by atoms with Gasteiger partial charge in [-0.05, 0) is 19.8 Å². The van der Waals surface area contributed by atoms with Crippen LogP contribution in [0.2, 0.25) is 0 Å². The van der Waals surface area contributed by atoms with Gasteiger partial charge in [0, 0.05) is 33.0 Å². The van der Waals surface area contributed by atoms with E-state index in [0.29, 0.717) is 23.1 Å². The Morgan fingerprint density at radius 2 is 2.12 bits per heavy atom. The fraction of sp³-hybridized carbons (Fsp3) is 0.500. The highest BCUT2D eigenvalue weighted by Crippen LogP contribution is 2.25. The number of aromatic nitrogens is 3. The molecule has 2 aromatic heterocycles. The Morgan fingerprint density at radius 3 is 2.83 bits per heavy atom. The van der Waals surface area contributed by atoms with Crippen LogP contribution in [-0.2, 0) is 0 Å². The van der Waals surface area contributed by atoms with E-state index in [1.54, 1.807) is 17.9 Å². The molecule has 7 nitrogen and oxygen atoms in total. The van der Waals surface area contributed by atoms with Crippen LogP contribution in [0.5, 0.6) is 5.88 Å². The monoisotopic (exact) mass is 347 g/mol. The molecule has 8 heteroatoms. The molecule has 1 atom stereocenters. The standard InChI is InChI=1S/C16H21N5O2S/c1-11-13(24-10-19-11)16(22)21-8-4-5-12(9-21)23-15-14(20(2)3)17-6-7-18-15/h6-7,10,12H,4-5,8-9H2,1-3H3. The number of thiazole rings is 1. The molecule has 1 aliphatic rings. The van der Waals surface area contributed by atoms with Crippen molar-refractivity contribution in [2.24, 2.45) is 0 Å². The number of hydrogen-bond donors (Lipinski definition) is 0. The minimum Gasteiger partial charge on any atom is -0.470 e. The average molecular weight is 347 g/mol. The number of aryl methyl sites for hydroxylation is 1. The van der Waals surface area contributed by atoms with Crippen LogP contribution >= 0.6 is 11.3 Å². The predicted octanol–water partition coefficient (Wildman–Crippen LogP) is 1.99. The molecule has 3 rings (SSSR count). The third-order valence-corrected chi connectivity index (χ3v) is 4.87. The van der Waals surface area contributed by atoms with Crippen molar-refractivity contribution < 1.29 is 9.53 Å². The number of nitrogens with zero attached hydrogens (tertiary/aromatic N) is 5. The van der Waals surface area contributed by atoms with E-state index in [4.69, 9.17) is 4.74 Å². The number of rotatable bonds is 4. The lowest BCUT2D eigenvalue weighted by Gasteiger charge is -2.32. The number of amides is 1. The van der Waals surface area contributed by atoms with Crippen molar-refractivity contribution in [2.75, 3.05) is 32.1 Å². The van der Waals surface area contributed by atoms with Gasteiger partial charge in [0.1, 0.15) is 11.0 Å². The highest BCUT2D eigenvalue weighted by molar-refractivity contribution is 7.11. The summed E-state index contributed by atoms with van der Waals surface area (Å²) in [6, 6.07) is 0. The van der Waals surface area contributed by atoms with Crippen molar-refractivity contribution >= 4 is 23.1 Å². The molecule has 0 radical (unpaired) electrons. The molecular weight excluding hydrogens is 326 g/mol. The van der Waals surface area contributed by atoms with Crippen LogP contribution in [0.3, 0.4) is 0 Å². The van der Waals surface area contributed by atoms with Crippen LogP contribution in [-0.4, -0.2) is 59.0 Å². The van der Waals surface area contributed by atoms with Crippen LogP contribution in [0.1, 0.15) is 28.2 Å². The first kappa shape index (κ1) is 16.6. The summed E-state index contributed by atoms with van der Waals surface area (Å²) in [6.07, 6.45) is 4.99. The predicted molar refractivity (Wildman–Crippen MR) is 92.8 cm³/mol. The van der Waals surface area contributed by atoms with Crippen molar-refractivity contribution in [3.8, 4) is 5.88 Å². The molecule has 1 amide bonds. The summed E-state index contributed by atoms with van der Waals surface area (Å²) in [6.45, 7) is 3.17. The fourth-order valence-corrected chi connectivity index (χ4v) is 3.50. The van der Waals surface area contributed by atoms with Gasteiger partial charge >= 0.3 is 0 Å². The number of hydrogen-bond acceptors (Lipinski definition) is 7. The van der Waals surface area contributed by atoms with E-state index in [-0.39, 0.29) is 12.0 Å². The lowest BCUT2D eigenvalue weighted by molar-refractivity contribution is 0.0531. The number of anilines is 1. The van der Waals surface area contributed by atoms with Gasteiger partial charge in [-0.2, -0.15) is 0 Å². The molecule has 0 spiro atoms. The zero-order valence-electron chi connectivity index (χ0n) is 14.1. The first-order valence-electron chi connectivity index (χ1n) is 7.90. The van der Waals surface area contributed by atoms with Gasteiger partial charge < -0.3 is 14.5 Å². The molecule has 1 fully saturated rings. The van der Waals surface area contributed by atoms with Crippen molar-refractivity contribution in [1.82, 2.24) is 19.9 Å². The third kappa shape index (κ3) is 3.48. The van der Waals surface area contributed by atoms with Gasteiger partial charge in [0.15, 0.2) is 5.82 Å². The largest absolute Gasteiger partial charge is 0.470 e. The van der Waals surface area contributed by atoms with Gasteiger partial charge in [0.25, 0.3) is 11.8 Å². The quantitative estimate of drug-likeness (QED) is 0.842. The van der Waals surface area contributed by atoms with Crippen LogP contribution in [0.4, 0.5) is 5.82 Å². The molecular formula is C16H21N5O2S. The molecule has 0 aliphatic carbocycles. The normalized spacial score (nSPS) is 17.6. The van der Waals surface area contributed by atoms with Gasteiger partial charge in [-0.25, -0.2) is 15.0 Å². The van der Waals surface area contributed by atoms with Crippen molar-refractivity contribution in [2.45, 2.75) is 25.9 Å². The zero-order chi connectivity index (χ0) is 17.1. The van der Waals surface area contributed by atoms with Crippen molar-refractivity contribution in [3.05, 3.63) is 28.5 Å². The van der Waals surface area contributed by atoms with E-state index < -0.39 is 0 Å². The molecule has 0 bridgehead atoms. The summed E-state index contributed by atoms with van der Waals surface area (Å²) < 4.78 is 6.05. The van der Waals surface area contributed by atoms with Crippen molar-refractivity contribution in [1.29, 1.82) is 0 Å². The van der Waals surface area contributed by atoms with Gasteiger partial charge in [0.2, 0.25) is 0 Å². The van der Waals surface area contributed by atoms with E-state index in [1.807, 2.05) is 30.8 Å². The second-order valence-electron chi connectivity index (χ2n) is 5.98. The molecule has 0 saturated carbocycles. The Hall–Kier alpha value is -2.22. The Bertz CT molecular complexity index is 718. The Morgan fingerprint density at radius 1 is 1.33 bits per heavy atom. The number of piperidine rings is 1. The second kappa shape index (κ2) is 7.12.